The Balaban J connectivity index is 1.25. The Bertz CT molecular complexity index is 1080. The van der Waals surface area contributed by atoms with E-state index in [1.54, 1.807) is 17.1 Å². The Morgan fingerprint density at radius 2 is 2.21 bits per heavy atom. The molecule has 4 aliphatic rings. The van der Waals surface area contributed by atoms with Crippen molar-refractivity contribution >= 4 is 22.9 Å². The van der Waals surface area contributed by atoms with Gasteiger partial charge in [0.05, 0.1) is 6.20 Å². The van der Waals surface area contributed by atoms with Crippen molar-refractivity contribution in [2.45, 2.75) is 37.2 Å². The van der Waals surface area contributed by atoms with Gasteiger partial charge in [-0.3, -0.25) is 14.7 Å². The number of aliphatic hydroxyl groups excluding tert-OH is 1. The number of nitrogens with zero attached hydrogens (tertiary/aromatic N) is 5. The van der Waals surface area contributed by atoms with Gasteiger partial charge in [0.25, 0.3) is 0 Å². The molecule has 0 saturated heterocycles. The average Bonchev–Trinajstić information content (AvgIpc) is 3.34. The molecule has 1 fully saturated rings. The first-order valence-corrected chi connectivity index (χ1v) is 9.85. The number of hydrogen-bond acceptors (Lipinski definition) is 8. The van der Waals surface area contributed by atoms with Crippen molar-refractivity contribution in [3.8, 4) is 0 Å². The molecule has 1 aromatic carbocycles. The molecule has 2 unspecified atom stereocenters. The summed E-state index contributed by atoms with van der Waals surface area (Å²) in [7, 11) is 1.88. The predicted octanol–water partition coefficient (Wildman–Crippen LogP) is 1.47. The second kappa shape index (κ2) is 5.91. The molecule has 2 aromatic rings. The molecule has 3 aliphatic heterocycles. The number of rotatable bonds is 3. The highest BCUT2D eigenvalue weighted by molar-refractivity contribution is 6.48. The zero-order valence-electron chi connectivity index (χ0n) is 16.0. The molecule has 9 nitrogen and oxygen atoms in total. The largest absolute Gasteiger partial charge is 0.373 e. The number of anilines is 2. The molecule has 4 N–H and O–H groups in total. The van der Waals surface area contributed by atoms with E-state index in [1.807, 2.05) is 24.5 Å². The zero-order chi connectivity index (χ0) is 19.6. The van der Waals surface area contributed by atoms with Gasteiger partial charge in [-0.25, -0.2) is 4.99 Å². The molecule has 29 heavy (non-hydrogen) atoms. The zero-order valence-corrected chi connectivity index (χ0v) is 16.0. The van der Waals surface area contributed by atoms with E-state index in [0.717, 1.165) is 41.3 Å². The van der Waals surface area contributed by atoms with E-state index in [1.165, 1.54) is 12.0 Å². The lowest BCUT2D eigenvalue weighted by atomic mass is 9.64. The minimum Gasteiger partial charge on any atom is -0.373 e. The predicted molar refractivity (Wildman–Crippen MR) is 110 cm³/mol. The molecule has 1 aromatic heterocycles. The summed E-state index contributed by atoms with van der Waals surface area (Å²) in [6.45, 7) is 0. The number of aliphatic imine (C=N–C) groups is 2. The standard InChI is InChI=1S/C20H22N8O/c1-27-11-12(10-22-27)16-17-25-19(26-28(17)8-7-21-16)23-13-3-4-14-15(9-13)24-18(29)20(14)5-2-6-20/h3-4,7-11,18-19,23-24,26,29H,2,5-6H2,1H3. The molecule has 0 amide bonds. The number of aryl methyl sites for hydroxylation is 1. The monoisotopic (exact) mass is 390 g/mol. The van der Waals surface area contributed by atoms with Crippen molar-refractivity contribution in [3.63, 3.8) is 0 Å². The van der Waals surface area contributed by atoms with E-state index in [4.69, 9.17) is 4.99 Å². The van der Waals surface area contributed by atoms with Gasteiger partial charge in [0.15, 0.2) is 12.1 Å². The minimum absolute atomic E-state index is 0.0970. The fraction of sp³-hybridized carbons (Fsp3) is 0.350. The Morgan fingerprint density at radius 1 is 1.31 bits per heavy atom. The van der Waals surface area contributed by atoms with Crippen LogP contribution in [0.25, 0.3) is 0 Å². The molecule has 0 radical (unpaired) electrons. The maximum atomic E-state index is 10.5. The summed E-state index contributed by atoms with van der Waals surface area (Å²) >= 11 is 0. The molecule has 1 spiro atoms. The third-order valence-corrected chi connectivity index (χ3v) is 6.27. The Morgan fingerprint density at radius 3 is 2.97 bits per heavy atom. The number of hydrazine groups is 1. The van der Waals surface area contributed by atoms with Crippen LogP contribution in [-0.2, 0) is 12.5 Å². The maximum Gasteiger partial charge on any atom is 0.193 e. The van der Waals surface area contributed by atoms with E-state index in [0.29, 0.717) is 0 Å². The van der Waals surface area contributed by atoms with Gasteiger partial charge in [0.1, 0.15) is 11.9 Å². The summed E-state index contributed by atoms with van der Waals surface area (Å²) in [5.74, 6) is 0.751. The van der Waals surface area contributed by atoms with Crippen molar-refractivity contribution in [3.05, 3.63) is 54.1 Å². The van der Waals surface area contributed by atoms with Gasteiger partial charge in [-0.2, -0.15) is 10.5 Å². The highest BCUT2D eigenvalue weighted by Gasteiger charge is 2.50. The molecule has 2 atom stereocenters. The second-order valence-electron chi connectivity index (χ2n) is 7.99. The van der Waals surface area contributed by atoms with Crippen LogP contribution < -0.4 is 16.1 Å². The van der Waals surface area contributed by atoms with Crippen LogP contribution in [-0.4, -0.2) is 44.0 Å². The molecule has 4 heterocycles. The number of aliphatic hydroxyl groups is 1. The lowest BCUT2D eigenvalue weighted by molar-refractivity contribution is 0.0599. The second-order valence-corrected chi connectivity index (χ2v) is 7.99. The fourth-order valence-electron chi connectivity index (χ4n) is 4.62. The molecular formula is C20H22N8O. The average molecular weight is 390 g/mol. The summed E-state index contributed by atoms with van der Waals surface area (Å²) in [5.41, 5.74) is 8.08. The van der Waals surface area contributed by atoms with Crippen molar-refractivity contribution in [2.75, 3.05) is 10.6 Å². The normalized spacial score (nSPS) is 25.8. The molecule has 1 saturated carbocycles. The summed E-state index contributed by atoms with van der Waals surface area (Å²) < 4.78 is 1.75. The molecule has 148 valence electrons. The fourth-order valence-corrected chi connectivity index (χ4v) is 4.62. The van der Waals surface area contributed by atoms with Gasteiger partial charge < -0.3 is 15.7 Å². The third kappa shape index (κ3) is 2.44. The van der Waals surface area contributed by atoms with Gasteiger partial charge in [-0.15, -0.1) is 0 Å². The number of fused-ring (bicyclic) bond motifs is 3. The first kappa shape index (κ1) is 16.8. The topological polar surface area (TPSA) is 102 Å². The Hall–Kier alpha value is -3.17. The van der Waals surface area contributed by atoms with Crippen LogP contribution in [0.2, 0.25) is 0 Å². The highest BCUT2D eigenvalue weighted by Crippen LogP contribution is 2.53. The lowest BCUT2D eigenvalue weighted by Crippen LogP contribution is -2.44. The Labute approximate surface area is 167 Å². The molecular weight excluding hydrogens is 368 g/mol. The number of benzene rings is 1. The van der Waals surface area contributed by atoms with E-state index in [9.17, 15) is 5.11 Å². The third-order valence-electron chi connectivity index (χ3n) is 6.27. The quantitative estimate of drug-likeness (QED) is 0.633. The maximum absolute atomic E-state index is 10.5. The van der Waals surface area contributed by atoms with Crippen LogP contribution in [0.5, 0.6) is 0 Å². The smallest absolute Gasteiger partial charge is 0.193 e. The van der Waals surface area contributed by atoms with Crippen LogP contribution in [0, 0.1) is 0 Å². The highest BCUT2D eigenvalue weighted by atomic mass is 16.3. The molecule has 1 aliphatic carbocycles. The van der Waals surface area contributed by atoms with Crippen LogP contribution in [0.1, 0.15) is 30.4 Å². The molecule has 6 rings (SSSR count). The van der Waals surface area contributed by atoms with Crippen LogP contribution >= 0.6 is 0 Å². The number of hydrogen-bond donors (Lipinski definition) is 4. The van der Waals surface area contributed by atoms with E-state index >= 15 is 0 Å². The number of amidine groups is 1. The summed E-state index contributed by atoms with van der Waals surface area (Å²) in [6, 6.07) is 6.23. The van der Waals surface area contributed by atoms with Crippen molar-refractivity contribution in [2.24, 2.45) is 17.0 Å². The lowest BCUT2D eigenvalue weighted by Gasteiger charge is -2.41. The van der Waals surface area contributed by atoms with Crippen LogP contribution in [0.4, 0.5) is 11.4 Å². The van der Waals surface area contributed by atoms with Gasteiger partial charge >= 0.3 is 0 Å². The van der Waals surface area contributed by atoms with E-state index < -0.39 is 6.23 Å². The van der Waals surface area contributed by atoms with Crippen LogP contribution in [0.15, 0.2) is 53.0 Å². The summed E-state index contributed by atoms with van der Waals surface area (Å²) in [5, 5.41) is 23.2. The van der Waals surface area contributed by atoms with Crippen LogP contribution in [0.3, 0.4) is 0 Å². The molecule has 0 bridgehead atoms. The first-order valence-electron chi connectivity index (χ1n) is 9.85. The number of nitrogens with one attached hydrogen (secondary N) is 3. The van der Waals surface area contributed by atoms with Crippen molar-refractivity contribution < 1.29 is 5.11 Å². The van der Waals surface area contributed by atoms with Gasteiger partial charge in [0.2, 0.25) is 0 Å². The minimum atomic E-state index is -0.497. The molecule has 9 heteroatoms. The Kier molecular flexibility index (Phi) is 3.42. The van der Waals surface area contributed by atoms with E-state index in [-0.39, 0.29) is 11.7 Å². The number of aromatic nitrogens is 2. The van der Waals surface area contributed by atoms with E-state index in [2.05, 4.69) is 44.3 Å². The summed E-state index contributed by atoms with van der Waals surface area (Å²) in [6.07, 6.45) is 9.73. The first-order chi connectivity index (χ1) is 14.1. The van der Waals surface area contributed by atoms with Crippen molar-refractivity contribution in [1.29, 1.82) is 0 Å². The SMILES string of the molecule is Cn1cc(C2=NC=CN3NC(Nc4ccc5c(c4)NC(O)C54CCC4)N=C23)cn1. The van der Waals surface area contributed by atoms with Gasteiger partial charge in [-0.05, 0) is 30.5 Å². The van der Waals surface area contributed by atoms with Gasteiger partial charge in [0, 0.05) is 48.0 Å². The van der Waals surface area contributed by atoms with Crippen molar-refractivity contribution in [1.82, 2.24) is 20.2 Å². The van der Waals surface area contributed by atoms with Gasteiger partial charge in [-0.1, -0.05) is 12.5 Å². The summed E-state index contributed by atoms with van der Waals surface area (Å²) in [4.78, 5) is 9.26.